The lowest BCUT2D eigenvalue weighted by molar-refractivity contribution is -0.309. The Morgan fingerprint density at radius 1 is 1.11 bits per heavy atom. The number of carboxylic acid groups (broad SMARTS) is 1. The molecule has 4 heteroatoms. The van der Waals surface area contributed by atoms with Crippen molar-refractivity contribution < 1.29 is 19.7 Å². The lowest BCUT2D eigenvalue weighted by atomic mass is 10.1. The average Bonchev–Trinajstić information content (AvgIpc) is 2.32. The van der Waals surface area contributed by atoms with Crippen molar-refractivity contribution in [1.29, 1.82) is 0 Å². The van der Waals surface area contributed by atoms with E-state index in [1.54, 1.807) is 0 Å². The number of ether oxygens (including phenoxy) is 1. The number of aliphatic hydroxyl groups is 1. The summed E-state index contributed by atoms with van der Waals surface area (Å²) in [4.78, 5) is 10.1. The average molecular weight is 259 g/mol. The van der Waals surface area contributed by atoms with E-state index in [0.29, 0.717) is 6.42 Å². The number of aliphatic hydroxyl groups excluding tert-OH is 1. The van der Waals surface area contributed by atoms with Crippen molar-refractivity contribution in [3.8, 4) is 0 Å². The number of aliphatic carboxylic acids is 1. The van der Waals surface area contributed by atoms with E-state index in [4.69, 9.17) is 4.74 Å². The highest BCUT2D eigenvalue weighted by molar-refractivity contribution is 5.65. The summed E-state index contributed by atoms with van der Waals surface area (Å²) in [6, 6.07) is 0. The van der Waals surface area contributed by atoms with E-state index in [0.717, 1.165) is 12.8 Å². The second-order valence-corrected chi connectivity index (χ2v) is 4.80. The van der Waals surface area contributed by atoms with Crippen molar-refractivity contribution in [2.24, 2.45) is 0 Å². The molecule has 0 amide bonds. The van der Waals surface area contributed by atoms with Gasteiger partial charge in [-0.05, 0) is 6.42 Å². The Labute approximate surface area is 110 Å². The third-order valence-electron chi connectivity index (χ3n) is 2.92. The fraction of sp³-hybridized carbons (Fsp3) is 0.929. The van der Waals surface area contributed by atoms with Crippen LogP contribution < -0.4 is 5.11 Å². The highest BCUT2D eigenvalue weighted by atomic mass is 16.5. The first-order valence-corrected chi connectivity index (χ1v) is 7.12. The van der Waals surface area contributed by atoms with Crippen molar-refractivity contribution >= 4 is 5.97 Å². The first-order valence-electron chi connectivity index (χ1n) is 7.12. The van der Waals surface area contributed by atoms with E-state index in [9.17, 15) is 15.0 Å². The fourth-order valence-corrected chi connectivity index (χ4v) is 1.88. The summed E-state index contributed by atoms with van der Waals surface area (Å²) in [6.45, 7) is 1.86. The number of hydrogen-bond acceptors (Lipinski definition) is 4. The molecule has 4 nitrogen and oxygen atoms in total. The van der Waals surface area contributed by atoms with Gasteiger partial charge in [-0.15, -0.1) is 0 Å². The predicted molar refractivity (Wildman–Crippen MR) is 69.1 cm³/mol. The van der Waals surface area contributed by atoms with Gasteiger partial charge in [0.1, 0.15) is 0 Å². The molecular weight excluding hydrogens is 232 g/mol. The fourth-order valence-electron chi connectivity index (χ4n) is 1.88. The van der Waals surface area contributed by atoms with Gasteiger partial charge in [-0.25, -0.2) is 0 Å². The Morgan fingerprint density at radius 3 is 2.22 bits per heavy atom. The van der Waals surface area contributed by atoms with Gasteiger partial charge < -0.3 is 19.7 Å². The van der Waals surface area contributed by atoms with Crippen molar-refractivity contribution in [3.63, 3.8) is 0 Å². The Hall–Kier alpha value is -0.610. The summed E-state index contributed by atoms with van der Waals surface area (Å²) in [6.07, 6.45) is 9.97. The van der Waals surface area contributed by atoms with Gasteiger partial charge in [-0.1, -0.05) is 58.3 Å². The smallest absolute Gasteiger partial charge is 0.0862 e. The molecule has 0 aromatic heterocycles. The maximum absolute atomic E-state index is 10.1. The summed E-state index contributed by atoms with van der Waals surface area (Å²) in [7, 11) is 0. The van der Waals surface area contributed by atoms with Gasteiger partial charge in [0.25, 0.3) is 0 Å². The molecule has 108 valence electrons. The van der Waals surface area contributed by atoms with Gasteiger partial charge in [0.2, 0.25) is 0 Å². The van der Waals surface area contributed by atoms with Crippen LogP contribution in [0.3, 0.4) is 0 Å². The topological polar surface area (TPSA) is 69.6 Å². The number of rotatable bonds is 13. The van der Waals surface area contributed by atoms with Crippen LogP contribution in [0.25, 0.3) is 0 Å². The first-order chi connectivity index (χ1) is 8.66. The van der Waals surface area contributed by atoms with Gasteiger partial charge >= 0.3 is 0 Å². The Bertz CT molecular complexity index is 194. The Balaban J connectivity index is 3.15. The summed E-state index contributed by atoms with van der Waals surface area (Å²) >= 11 is 0. The molecule has 0 aliphatic heterocycles. The van der Waals surface area contributed by atoms with Crippen LogP contribution in [0.15, 0.2) is 0 Å². The maximum atomic E-state index is 10.1. The molecule has 1 atom stereocenters. The van der Waals surface area contributed by atoms with Crippen molar-refractivity contribution in [2.75, 3.05) is 13.2 Å². The number of carbonyl (C=O) groups is 1. The van der Waals surface area contributed by atoms with Crippen molar-refractivity contribution in [2.45, 2.75) is 70.8 Å². The molecule has 0 aliphatic carbocycles. The summed E-state index contributed by atoms with van der Waals surface area (Å²) in [5.41, 5.74) is 0. The minimum atomic E-state index is -1.24. The molecule has 0 aromatic rings. The molecule has 0 spiro atoms. The quantitative estimate of drug-likeness (QED) is 0.511. The van der Waals surface area contributed by atoms with E-state index >= 15 is 0 Å². The highest BCUT2D eigenvalue weighted by Gasteiger charge is 2.03. The number of hydrogen-bond donors (Lipinski definition) is 1. The van der Waals surface area contributed by atoms with Crippen LogP contribution in [0.4, 0.5) is 0 Å². The van der Waals surface area contributed by atoms with Crippen molar-refractivity contribution in [1.82, 2.24) is 0 Å². The molecule has 0 rings (SSSR count). The number of unbranched alkanes of at least 4 members (excludes halogenated alkanes) is 7. The zero-order valence-corrected chi connectivity index (χ0v) is 11.5. The van der Waals surface area contributed by atoms with E-state index in [1.165, 1.54) is 38.5 Å². The van der Waals surface area contributed by atoms with E-state index in [-0.39, 0.29) is 6.61 Å². The van der Waals surface area contributed by atoms with Crippen LogP contribution in [0.1, 0.15) is 64.7 Å². The number of carbonyl (C=O) groups excluding carboxylic acids is 1. The predicted octanol–water partition coefficient (Wildman–Crippen LogP) is 1.64. The molecule has 0 fully saturated rings. The molecule has 0 aromatic carbocycles. The molecule has 0 saturated heterocycles. The third kappa shape index (κ3) is 13.5. The largest absolute Gasteiger partial charge is 0.548 e. The Morgan fingerprint density at radius 2 is 1.67 bits per heavy atom. The van der Waals surface area contributed by atoms with Crippen LogP contribution >= 0.6 is 0 Å². The zero-order valence-electron chi connectivity index (χ0n) is 11.5. The normalized spacial score (nSPS) is 12.6. The monoisotopic (exact) mass is 259 g/mol. The van der Waals surface area contributed by atoms with Crippen LogP contribution in [0, 0.1) is 0 Å². The van der Waals surface area contributed by atoms with Crippen LogP contribution in [0.5, 0.6) is 0 Å². The van der Waals surface area contributed by atoms with Gasteiger partial charge in [0.05, 0.1) is 25.3 Å². The molecule has 0 aliphatic rings. The van der Waals surface area contributed by atoms with Gasteiger partial charge in [0, 0.05) is 0 Å². The molecular formula is C14H27O4-. The minimum Gasteiger partial charge on any atom is -0.548 e. The lowest BCUT2D eigenvalue weighted by Crippen LogP contribution is -2.29. The molecule has 1 N–H and O–H groups in total. The Kier molecular flexibility index (Phi) is 12.4. The molecule has 1 unspecified atom stereocenters. The van der Waals surface area contributed by atoms with E-state index in [1.807, 2.05) is 0 Å². The lowest BCUT2D eigenvalue weighted by Gasteiger charge is -2.11. The zero-order chi connectivity index (χ0) is 13.6. The van der Waals surface area contributed by atoms with Gasteiger partial charge in [0.15, 0.2) is 0 Å². The summed E-state index contributed by atoms with van der Waals surface area (Å²) < 4.78 is 4.77. The van der Waals surface area contributed by atoms with Gasteiger partial charge in [-0.2, -0.15) is 0 Å². The maximum Gasteiger partial charge on any atom is 0.0862 e. The first kappa shape index (κ1) is 17.4. The van der Waals surface area contributed by atoms with Crippen LogP contribution in [-0.4, -0.2) is 30.4 Å². The second-order valence-electron chi connectivity index (χ2n) is 4.80. The van der Waals surface area contributed by atoms with Crippen molar-refractivity contribution in [3.05, 3.63) is 0 Å². The summed E-state index contributed by atoms with van der Waals surface area (Å²) in [5, 5.41) is 19.6. The molecule has 0 radical (unpaired) electrons. The standard InChI is InChI=1S/C14H28O4/c1-2-3-4-5-6-7-8-9-10-13(15)11-18-12-14(16)17/h13,15H,2-12H2,1H3,(H,16,17)/p-1. The molecule has 0 heterocycles. The second kappa shape index (κ2) is 12.8. The molecule has 18 heavy (non-hydrogen) atoms. The molecule has 0 bridgehead atoms. The minimum absolute atomic E-state index is 0.0878. The highest BCUT2D eigenvalue weighted by Crippen LogP contribution is 2.10. The van der Waals surface area contributed by atoms with Crippen LogP contribution in [-0.2, 0) is 9.53 Å². The van der Waals surface area contributed by atoms with E-state index in [2.05, 4.69) is 6.92 Å². The molecule has 0 saturated carbocycles. The SMILES string of the molecule is CCCCCCCCCCC(O)COCC(=O)[O-]. The van der Waals surface area contributed by atoms with Crippen LogP contribution in [0.2, 0.25) is 0 Å². The third-order valence-corrected chi connectivity index (χ3v) is 2.92. The van der Waals surface area contributed by atoms with Gasteiger partial charge in [-0.3, -0.25) is 0 Å². The summed E-state index contributed by atoms with van der Waals surface area (Å²) in [5.74, 6) is -1.24. The number of carboxylic acids is 1. The van der Waals surface area contributed by atoms with E-state index < -0.39 is 18.7 Å².